The van der Waals surface area contributed by atoms with E-state index in [2.05, 4.69) is 10.5 Å². The molecule has 0 heterocycles. The lowest BCUT2D eigenvalue weighted by molar-refractivity contribution is -0.384. The number of anilines is 1. The Balaban J connectivity index is 2.08. The third-order valence-corrected chi connectivity index (χ3v) is 4.43. The van der Waals surface area contributed by atoms with Crippen LogP contribution < -0.4 is 10.7 Å². The molecule has 188 valence electrons. The lowest BCUT2D eigenvalue weighted by atomic mass is 10.1. The van der Waals surface area contributed by atoms with Crippen molar-refractivity contribution >= 4 is 28.9 Å². The van der Waals surface area contributed by atoms with E-state index in [9.17, 15) is 50.4 Å². The second-order valence-electron chi connectivity index (χ2n) is 7.01. The van der Waals surface area contributed by atoms with Crippen LogP contribution in [0.25, 0.3) is 0 Å². The number of benzene rings is 2. The molecule has 0 saturated heterocycles. The fourth-order valence-electron chi connectivity index (χ4n) is 2.52. The molecule has 0 bridgehead atoms. The molecule has 2 aromatic rings. The Morgan fingerprint density at radius 1 is 1.00 bits per heavy atom. The highest BCUT2D eigenvalue weighted by Gasteiger charge is 2.76. The summed E-state index contributed by atoms with van der Waals surface area (Å²) in [4.78, 5) is 33.5. The Bertz CT molecular complexity index is 1150. The van der Waals surface area contributed by atoms with Crippen molar-refractivity contribution in [2.45, 2.75) is 31.4 Å². The van der Waals surface area contributed by atoms with Crippen molar-refractivity contribution in [1.29, 1.82) is 0 Å². The first-order valence-electron chi connectivity index (χ1n) is 9.37. The number of alkyl halides is 7. The number of halogens is 7. The summed E-state index contributed by atoms with van der Waals surface area (Å²) in [6.07, 6.45) is -6.86. The molecule has 2 amide bonds. The number of hydrazone groups is 1. The lowest BCUT2D eigenvalue weighted by Gasteiger charge is -2.27. The van der Waals surface area contributed by atoms with E-state index in [0.29, 0.717) is 5.56 Å². The SMILES string of the molecule is C/C(=N/NC(=O)Cc1ccc([N+](=O)[O-])cc1)c1cccc(NC(=O)C(F)(F)C(F)(F)C(F)(F)F)c1. The quantitative estimate of drug-likeness (QED) is 0.237. The van der Waals surface area contributed by atoms with Gasteiger partial charge < -0.3 is 5.32 Å². The number of non-ortho nitro benzene ring substituents is 1. The number of nitrogens with zero attached hydrogens (tertiary/aromatic N) is 2. The van der Waals surface area contributed by atoms with Crippen LogP contribution in [-0.4, -0.2) is 40.5 Å². The second kappa shape index (κ2) is 10.1. The molecule has 0 fully saturated rings. The molecule has 0 aliphatic rings. The van der Waals surface area contributed by atoms with Gasteiger partial charge in [-0.1, -0.05) is 24.3 Å². The van der Waals surface area contributed by atoms with Gasteiger partial charge in [0.2, 0.25) is 5.91 Å². The van der Waals surface area contributed by atoms with E-state index in [1.54, 1.807) is 0 Å². The monoisotopic (exact) mass is 508 g/mol. The van der Waals surface area contributed by atoms with Gasteiger partial charge in [-0.3, -0.25) is 19.7 Å². The van der Waals surface area contributed by atoms with Crippen molar-refractivity contribution in [2.24, 2.45) is 5.10 Å². The van der Waals surface area contributed by atoms with Gasteiger partial charge in [-0.05, 0) is 30.2 Å². The first-order valence-corrected chi connectivity index (χ1v) is 9.37. The van der Waals surface area contributed by atoms with E-state index in [0.717, 1.165) is 12.1 Å². The second-order valence-corrected chi connectivity index (χ2v) is 7.01. The van der Waals surface area contributed by atoms with Crippen LogP contribution in [0.3, 0.4) is 0 Å². The van der Waals surface area contributed by atoms with Crippen molar-refractivity contribution in [2.75, 3.05) is 5.32 Å². The predicted molar refractivity (Wildman–Crippen MR) is 108 cm³/mol. The third kappa shape index (κ3) is 6.30. The average Bonchev–Trinajstić information content (AvgIpc) is 2.77. The summed E-state index contributed by atoms with van der Waals surface area (Å²) >= 11 is 0. The van der Waals surface area contributed by atoms with Crippen molar-refractivity contribution in [3.05, 3.63) is 69.8 Å². The van der Waals surface area contributed by atoms with E-state index >= 15 is 0 Å². The largest absolute Gasteiger partial charge is 0.460 e. The van der Waals surface area contributed by atoms with Crippen LogP contribution in [0, 0.1) is 10.1 Å². The van der Waals surface area contributed by atoms with Crippen LogP contribution in [-0.2, 0) is 16.0 Å². The van der Waals surface area contributed by atoms with E-state index in [1.165, 1.54) is 48.6 Å². The normalized spacial score (nSPS) is 12.7. The van der Waals surface area contributed by atoms with Crippen LogP contribution in [0.4, 0.5) is 42.1 Å². The average molecular weight is 508 g/mol. The number of amides is 2. The maximum absolute atomic E-state index is 13.5. The number of carbonyl (C=O) groups excluding carboxylic acids is 2. The van der Waals surface area contributed by atoms with Gasteiger partial charge in [0.15, 0.2) is 0 Å². The number of rotatable bonds is 8. The van der Waals surface area contributed by atoms with Gasteiger partial charge in [0.05, 0.1) is 17.1 Å². The van der Waals surface area contributed by atoms with Crippen LogP contribution in [0.15, 0.2) is 53.6 Å². The van der Waals surface area contributed by atoms with Crippen LogP contribution >= 0.6 is 0 Å². The zero-order chi connectivity index (χ0) is 26.6. The first-order chi connectivity index (χ1) is 16.1. The van der Waals surface area contributed by atoms with Crippen molar-refractivity contribution < 1.29 is 45.2 Å². The summed E-state index contributed by atoms with van der Waals surface area (Å²) < 4.78 is 89.8. The molecule has 0 unspecified atom stereocenters. The van der Waals surface area contributed by atoms with Gasteiger partial charge in [-0.15, -0.1) is 0 Å². The predicted octanol–water partition coefficient (Wildman–Crippen LogP) is 4.45. The molecule has 2 rings (SSSR count). The van der Waals surface area contributed by atoms with Gasteiger partial charge in [0.1, 0.15) is 0 Å². The van der Waals surface area contributed by atoms with Gasteiger partial charge in [0.25, 0.3) is 5.69 Å². The summed E-state index contributed by atoms with van der Waals surface area (Å²) in [5.74, 6) is -16.2. The standard InChI is InChI=1S/C20H15F7N4O4/c1-11(29-30-16(32)9-12-5-7-15(8-6-12)31(34)35)13-3-2-4-14(10-13)28-17(33)18(21,22)19(23,24)20(25,26)27/h2-8,10H,9H2,1H3,(H,28,33)(H,30,32)/b29-11-. The molecule has 0 radical (unpaired) electrons. The molecular weight excluding hydrogens is 493 g/mol. The summed E-state index contributed by atoms with van der Waals surface area (Å²) in [5, 5.41) is 15.7. The summed E-state index contributed by atoms with van der Waals surface area (Å²) in [6, 6.07) is 9.54. The molecule has 0 aliphatic carbocycles. The Kier molecular flexibility index (Phi) is 7.83. The zero-order valence-corrected chi connectivity index (χ0v) is 17.5. The minimum Gasteiger partial charge on any atom is -0.321 e. The number of carbonyl (C=O) groups is 2. The van der Waals surface area contributed by atoms with Gasteiger partial charge in [-0.25, -0.2) is 5.43 Å². The minimum atomic E-state index is -6.66. The highest BCUT2D eigenvalue weighted by molar-refractivity contribution is 6.02. The number of hydrogen-bond acceptors (Lipinski definition) is 5. The smallest absolute Gasteiger partial charge is 0.321 e. The molecule has 0 saturated carbocycles. The van der Waals surface area contributed by atoms with Crippen LogP contribution in [0.5, 0.6) is 0 Å². The third-order valence-electron chi connectivity index (χ3n) is 4.43. The molecule has 35 heavy (non-hydrogen) atoms. The molecule has 0 atom stereocenters. The molecule has 15 heteroatoms. The summed E-state index contributed by atoms with van der Waals surface area (Å²) in [5.41, 5.74) is 2.06. The van der Waals surface area contributed by atoms with E-state index in [1.807, 2.05) is 0 Å². The van der Waals surface area contributed by atoms with Crippen LogP contribution in [0.2, 0.25) is 0 Å². The molecule has 0 spiro atoms. The Hall–Kier alpha value is -4.04. The van der Waals surface area contributed by atoms with Gasteiger partial charge >= 0.3 is 23.9 Å². The van der Waals surface area contributed by atoms with Gasteiger partial charge in [0, 0.05) is 17.8 Å². The van der Waals surface area contributed by atoms with E-state index in [-0.39, 0.29) is 23.4 Å². The van der Waals surface area contributed by atoms with E-state index in [4.69, 9.17) is 0 Å². The molecule has 0 aromatic heterocycles. The van der Waals surface area contributed by atoms with Crippen molar-refractivity contribution in [1.82, 2.24) is 5.43 Å². The molecule has 2 N–H and O–H groups in total. The molecule has 0 aliphatic heterocycles. The fourth-order valence-corrected chi connectivity index (χ4v) is 2.52. The zero-order valence-electron chi connectivity index (χ0n) is 17.5. The Labute approximate surface area is 192 Å². The lowest BCUT2D eigenvalue weighted by Crippen LogP contribution is -2.57. The van der Waals surface area contributed by atoms with Crippen molar-refractivity contribution in [3.63, 3.8) is 0 Å². The highest BCUT2D eigenvalue weighted by atomic mass is 19.4. The minimum absolute atomic E-state index is 0.0607. The number of hydrogen-bond donors (Lipinski definition) is 2. The molecular formula is C20H15F7N4O4. The Morgan fingerprint density at radius 3 is 2.14 bits per heavy atom. The topological polar surface area (TPSA) is 114 Å². The number of nitrogens with one attached hydrogen (secondary N) is 2. The first kappa shape index (κ1) is 27.2. The maximum Gasteiger partial charge on any atom is 0.460 e. The summed E-state index contributed by atoms with van der Waals surface area (Å²) in [7, 11) is 0. The molecule has 2 aromatic carbocycles. The van der Waals surface area contributed by atoms with Gasteiger partial charge in [-0.2, -0.15) is 35.8 Å². The van der Waals surface area contributed by atoms with E-state index < -0.39 is 40.4 Å². The highest BCUT2D eigenvalue weighted by Crippen LogP contribution is 2.46. The Morgan fingerprint density at radius 2 is 1.60 bits per heavy atom. The molecule has 8 nitrogen and oxygen atoms in total. The van der Waals surface area contributed by atoms with Crippen molar-refractivity contribution in [3.8, 4) is 0 Å². The summed E-state index contributed by atoms with van der Waals surface area (Å²) in [6.45, 7) is 1.35. The fraction of sp³-hybridized carbons (Fsp3) is 0.250. The maximum atomic E-state index is 13.5. The number of nitro benzene ring substituents is 1. The number of nitro groups is 1. The van der Waals surface area contributed by atoms with Crippen LogP contribution in [0.1, 0.15) is 18.1 Å².